The predicted molar refractivity (Wildman–Crippen MR) is 114 cm³/mol. The molecule has 10 nitrogen and oxygen atoms in total. The Balaban J connectivity index is 1.45. The zero-order valence-electron chi connectivity index (χ0n) is 17.6. The first kappa shape index (κ1) is 22.6. The van der Waals surface area contributed by atoms with Gasteiger partial charge in [-0.1, -0.05) is 18.2 Å². The number of para-hydroxylation sites is 1. The number of hydrogen-bond donors (Lipinski definition) is 2. The van der Waals surface area contributed by atoms with E-state index in [1.807, 2.05) is 30.3 Å². The number of carbonyl (C=O) groups excluding carboxylic acids is 1. The maximum Gasteiger partial charge on any atom is 0.417 e. The van der Waals surface area contributed by atoms with E-state index in [0.29, 0.717) is 11.9 Å². The molecule has 0 atom stereocenters. The van der Waals surface area contributed by atoms with E-state index >= 15 is 0 Å². The van der Waals surface area contributed by atoms with Crippen LogP contribution in [0.4, 0.5) is 30.8 Å². The van der Waals surface area contributed by atoms with Crippen molar-refractivity contribution in [3.05, 3.63) is 77.5 Å². The van der Waals surface area contributed by atoms with Crippen molar-refractivity contribution in [2.45, 2.75) is 19.7 Å². The summed E-state index contributed by atoms with van der Waals surface area (Å²) in [6.07, 6.45) is -2.57. The van der Waals surface area contributed by atoms with Crippen molar-refractivity contribution in [3.63, 3.8) is 0 Å². The number of nitrogen functional groups attached to an aromatic ring is 1. The van der Waals surface area contributed by atoms with Gasteiger partial charge >= 0.3 is 12.1 Å². The highest BCUT2D eigenvalue weighted by Gasteiger charge is 2.31. The maximum atomic E-state index is 12.7. The average molecular weight is 470 g/mol. The third-order valence-corrected chi connectivity index (χ3v) is 4.58. The molecule has 13 heteroatoms. The number of esters is 1. The highest BCUT2D eigenvalue weighted by atomic mass is 19.4. The molecule has 3 heterocycles. The van der Waals surface area contributed by atoms with Crippen molar-refractivity contribution in [2.75, 3.05) is 11.1 Å². The Morgan fingerprint density at radius 2 is 1.85 bits per heavy atom. The summed E-state index contributed by atoms with van der Waals surface area (Å²) in [6, 6.07) is 11.2. The molecule has 0 bridgehead atoms. The number of anilines is 3. The van der Waals surface area contributed by atoms with Crippen LogP contribution in [0.5, 0.6) is 0 Å². The lowest BCUT2D eigenvalue weighted by Gasteiger charge is -2.09. The minimum atomic E-state index is -4.51. The molecule has 0 amide bonds. The normalized spacial score (nSPS) is 11.3. The fourth-order valence-corrected chi connectivity index (χ4v) is 2.94. The van der Waals surface area contributed by atoms with Gasteiger partial charge in [0.15, 0.2) is 18.2 Å². The number of rotatable bonds is 6. The molecule has 34 heavy (non-hydrogen) atoms. The van der Waals surface area contributed by atoms with Crippen molar-refractivity contribution in [1.82, 2.24) is 29.7 Å². The molecule has 3 aromatic heterocycles. The van der Waals surface area contributed by atoms with Crippen LogP contribution in [-0.4, -0.2) is 35.7 Å². The molecule has 0 aliphatic rings. The summed E-state index contributed by atoms with van der Waals surface area (Å²) in [4.78, 5) is 28.5. The maximum absolute atomic E-state index is 12.7. The molecule has 0 aliphatic heterocycles. The van der Waals surface area contributed by atoms with Crippen molar-refractivity contribution < 1.29 is 22.7 Å². The summed E-state index contributed by atoms with van der Waals surface area (Å²) >= 11 is 0. The molecular weight excluding hydrogens is 453 g/mol. The summed E-state index contributed by atoms with van der Waals surface area (Å²) in [7, 11) is 0. The molecular formula is C21H17F3N8O2. The van der Waals surface area contributed by atoms with E-state index in [4.69, 9.17) is 10.5 Å². The topological polar surface area (TPSA) is 134 Å². The number of aromatic nitrogens is 6. The van der Waals surface area contributed by atoms with E-state index in [1.165, 1.54) is 10.9 Å². The SMILES string of the molecule is Cc1c(C(=O)OCc2nc(N)nc(Nc3ccccc3)n2)cnn1-c1ccc(C(F)(F)F)cn1. The zero-order valence-corrected chi connectivity index (χ0v) is 17.6. The van der Waals surface area contributed by atoms with Gasteiger partial charge in [0.2, 0.25) is 11.9 Å². The standard InChI is InChI=1S/C21H17F3N8O2/c1-12-15(10-27-32(12)17-8-7-13(9-26-17)21(22,23)24)18(33)34-11-16-29-19(25)31-20(30-16)28-14-5-3-2-4-6-14/h2-10H,11H2,1H3,(H3,25,28,29,30,31). The first-order valence-corrected chi connectivity index (χ1v) is 9.78. The lowest BCUT2D eigenvalue weighted by molar-refractivity contribution is -0.137. The molecule has 0 unspecified atom stereocenters. The molecule has 0 fully saturated rings. The Morgan fingerprint density at radius 1 is 1.09 bits per heavy atom. The first-order valence-electron chi connectivity index (χ1n) is 9.78. The zero-order chi connectivity index (χ0) is 24.3. The molecule has 4 aromatic rings. The van der Waals surface area contributed by atoms with Crippen LogP contribution >= 0.6 is 0 Å². The minimum Gasteiger partial charge on any atom is -0.454 e. The van der Waals surface area contributed by atoms with E-state index in [9.17, 15) is 18.0 Å². The van der Waals surface area contributed by atoms with Crippen molar-refractivity contribution in [3.8, 4) is 5.82 Å². The summed E-state index contributed by atoms with van der Waals surface area (Å²) in [5.41, 5.74) is 6.00. The molecule has 4 rings (SSSR count). The van der Waals surface area contributed by atoms with Gasteiger partial charge in [0, 0.05) is 11.9 Å². The third-order valence-electron chi connectivity index (χ3n) is 4.58. The van der Waals surface area contributed by atoms with Gasteiger partial charge in [0.05, 0.1) is 17.5 Å². The molecule has 174 valence electrons. The van der Waals surface area contributed by atoms with Crippen LogP contribution in [0.3, 0.4) is 0 Å². The number of nitrogens with two attached hydrogens (primary N) is 1. The van der Waals surface area contributed by atoms with Crippen LogP contribution in [-0.2, 0) is 17.5 Å². The largest absolute Gasteiger partial charge is 0.454 e. The second-order valence-electron chi connectivity index (χ2n) is 6.96. The molecule has 1 aromatic carbocycles. The van der Waals surface area contributed by atoms with Crippen molar-refractivity contribution in [1.29, 1.82) is 0 Å². The van der Waals surface area contributed by atoms with Crippen LogP contribution in [0.1, 0.15) is 27.4 Å². The number of pyridine rings is 1. The summed E-state index contributed by atoms with van der Waals surface area (Å²) in [5, 5.41) is 7.00. The Hall–Kier alpha value is -4.55. The fourth-order valence-electron chi connectivity index (χ4n) is 2.94. The second-order valence-corrected chi connectivity index (χ2v) is 6.96. The Morgan fingerprint density at radius 3 is 2.53 bits per heavy atom. The van der Waals surface area contributed by atoms with E-state index in [-0.39, 0.29) is 35.7 Å². The highest BCUT2D eigenvalue weighted by molar-refractivity contribution is 5.90. The van der Waals surface area contributed by atoms with E-state index < -0.39 is 17.7 Å². The van der Waals surface area contributed by atoms with Crippen LogP contribution in [0.25, 0.3) is 5.82 Å². The van der Waals surface area contributed by atoms with Gasteiger partial charge < -0.3 is 15.8 Å². The predicted octanol–water partition coefficient (Wildman–Crippen LogP) is 3.46. The first-order chi connectivity index (χ1) is 16.2. The van der Waals surface area contributed by atoms with Gasteiger partial charge in [-0.3, -0.25) is 0 Å². The van der Waals surface area contributed by atoms with Crippen LogP contribution in [0.2, 0.25) is 0 Å². The van der Waals surface area contributed by atoms with Crippen LogP contribution in [0.15, 0.2) is 54.9 Å². The van der Waals surface area contributed by atoms with E-state index in [0.717, 1.165) is 17.8 Å². The Kier molecular flexibility index (Phi) is 6.08. The Labute approximate surface area is 190 Å². The van der Waals surface area contributed by atoms with Gasteiger partial charge in [0.25, 0.3) is 0 Å². The molecule has 0 saturated carbocycles. The number of hydrogen-bond acceptors (Lipinski definition) is 9. The van der Waals surface area contributed by atoms with E-state index in [1.54, 1.807) is 6.92 Å². The average Bonchev–Trinajstić information content (AvgIpc) is 3.18. The van der Waals surface area contributed by atoms with Crippen LogP contribution < -0.4 is 11.1 Å². The molecule has 0 aliphatic carbocycles. The minimum absolute atomic E-state index is 0.0585. The molecule has 0 radical (unpaired) electrons. The lowest BCUT2D eigenvalue weighted by Crippen LogP contribution is -2.12. The molecule has 0 spiro atoms. The molecule has 3 N–H and O–H groups in total. The monoisotopic (exact) mass is 470 g/mol. The Bertz CT molecular complexity index is 1310. The van der Waals surface area contributed by atoms with Crippen molar-refractivity contribution in [2.24, 2.45) is 0 Å². The summed E-state index contributed by atoms with van der Waals surface area (Å²) in [5.74, 6) is -0.369. The fraction of sp³-hybridized carbons (Fsp3) is 0.143. The number of ether oxygens (including phenoxy) is 1. The van der Waals surface area contributed by atoms with Gasteiger partial charge in [0.1, 0.15) is 5.56 Å². The number of nitrogens with one attached hydrogen (secondary N) is 1. The second kappa shape index (κ2) is 9.13. The van der Waals surface area contributed by atoms with Gasteiger partial charge in [-0.05, 0) is 31.2 Å². The number of alkyl halides is 3. The number of halogens is 3. The van der Waals surface area contributed by atoms with Crippen molar-refractivity contribution >= 4 is 23.6 Å². The number of nitrogens with zero attached hydrogens (tertiary/aromatic N) is 6. The third kappa shape index (κ3) is 5.09. The summed E-state index contributed by atoms with van der Waals surface area (Å²) < 4.78 is 44.7. The summed E-state index contributed by atoms with van der Waals surface area (Å²) in [6.45, 7) is 1.27. The number of benzene rings is 1. The number of carbonyl (C=O) groups is 1. The van der Waals surface area contributed by atoms with Gasteiger partial charge in [-0.2, -0.15) is 33.2 Å². The lowest BCUT2D eigenvalue weighted by atomic mass is 10.2. The smallest absolute Gasteiger partial charge is 0.417 e. The quantitative estimate of drug-likeness (QED) is 0.406. The van der Waals surface area contributed by atoms with E-state index in [2.05, 4.69) is 30.4 Å². The highest BCUT2D eigenvalue weighted by Crippen LogP contribution is 2.29. The van der Waals surface area contributed by atoms with Crippen LogP contribution in [0, 0.1) is 6.92 Å². The van der Waals surface area contributed by atoms with Gasteiger partial charge in [-0.15, -0.1) is 0 Å². The molecule has 0 saturated heterocycles. The van der Waals surface area contributed by atoms with Gasteiger partial charge in [-0.25, -0.2) is 14.5 Å².